The summed E-state index contributed by atoms with van der Waals surface area (Å²) in [5.74, 6) is 0.426. The van der Waals surface area contributed by atoms with Crippen molar-refractivity contribution in [2.75, 3.05) is 5.32 Å². The van der Waals surface area contributed by atoms with Crippen LogP contribution in [0.15, 0.2) is 70.6 Å². The summed E-state index contributed by atoms with van der Waals surface area (Å²) in [6.45, 7) is 3.80. The van der Waals surface area contributed by atoms with E-state index in [1.807, 2.05) is 54.6 Å². The van der Waals surface area contributed by atoms with E-state index in [0.717, 1.165) is 12.0 Å². The van der Waals surface area contributed by atoms with Crippen molar-refractivity contribution in [1.82, 2.24) is 9.55 Å². The van der Waals surface area contributed by atoms with Crippen LogP contribution < -0.4 is 10.9 Å². The molecule has 0 spiro atoms. The number of thioether (sulfide) groups is 1. The minimum atomic E-state index is -0.251. The largest absolute Gasteiger partial charge is 0.325 e. The van der Waals surface area contributed by atoms with Crippen molar-refractivity contribution in [3.8, 4) is 0 Å². The molecule has 0 aliphatic carbocycles. The monoisotopic (exact) mass is 393 g/mol. The van der Waals surface area contributed by atoms with E-state index in [2.05, 4.69) is 17.2 Å². The SMILES string of the molecule is CCc1ccc(NC(=O)Cn2c(SCc3ccccc3)nc(C)cc2=O)cc1. The topological polar surface area (TPSA) is 64.0 Å². The summed E-state index contributed by atoms with van der Waals surface area (Å²) in [5.41, 5.74) is 3.48. The van der Waals surface area contributed by atoms with Crippen LogP contribution >= 0.6 is 11.8 Å². The Balaban J connectivity index is 1.74. The summed E-state index contributed by atoms with van der Waals surface area (Å²) in [7, 11) is 0. The van der Waals surface area contributed by atoms with Gasteiger partial charge in [0.2, 0.25) is 5.91 Å². The highest BCUT2D eigenvalue weighted by Gasteiger charge is 2.12. The van der Waals surface area contributed by atoms with Crippen LogP contribution in [-0.4, -0.2) is 15.5 Å². The summed E-state index contributed by atoms with van der Waals surface area (Å²) in [4.78, 5) is 29.4. The van der Waals surface area contributed by atoms with Crippen molar-refractivity contribution in [1.29, 1.82) is 0 Å². The van der Waals surface area contributed by atoms with Crippen molar-refractivity contribution in [2.45, 2.75) is 37.7 Å². The van der Waals surface area contributed by atoms with Crippen molar-refractivity contribution in [3.63, 3.8) is 0 Å². The fourth-order valence-corrected chi connectivity index (χ4v) is 3.75. The second kappa shape index (κ2) is 9.37. The number of hydrogen-bond acceptors (Lipinski definition) is 4. The average molecular weight is 394 g/mol. The van der Waals surface area contributed by atoms with Gasteiger partial charge >= 0.3 is 0 Å². The first-order valence-corrected chi connectivity index (χ1v) is 10.2. The van der Waals surface area contributed by atoms with Gasteiger partial charge in [-0.2, -0.15) is 0 Å². The van der Waals surface area contributed by atoms with E-state index in [1.165, 1.54) is 28.0 Å². The van der Waals surface area contributed by atoms with Gasteiger partial charge in [-0.15, -0.1) is 0 Å². The van der Waals surface area contributed by atoms with Crippen LogP contribution in [0.2, 0.25) is 0 Å². The smallest absolute Gasteiger partial charge is 0.254 e. The van der Waals surface area contributed by atoms with Crippen LogP contribution in [0.5, 0.6) is 0 Å². The van der Waals surface area contributed by atoms with Gasteiger partial charge in [-0.25, -0.2) is 4.98 Å². The first-order valence-electron chi connectivity index (χ1n) is 9.19. The fraction of sp³-hybridized carbons (Fsp3) is 0.227. The quantitative estimate of drug-likeness (QED) is 0.486. The van der Waals surface area contributed by atoms with Crippen LogP contribution in [0.4, 0.5) is 5.69 Å². The molecule has 5 nitrogen and oxygen atoms in total. The molecular weight excluding hydrogens is 370 g/mol. The van der Waals surface area contributed by atoms with Gasteiger partial charge in [0.15, 0.2) is 5.16 Å². The van der Waals surface area contributed by atoms with Crippen LogP contribution in [0.3, 0.4) is 0 Å². The predicted octanol–water partition coefficient (Wildman–Crippen LogP) is 4.05. The Kier molecular flexibility index (Phi) is 6.66. The molecule has 6 heteroatoms. The highest BCUT2D eigenvalue weighted by molar-refractivity contribution is 7.98. The summed E-state index contributed by atoms with van der Waals surface area (Å²) in [5, 5.41) is 3.40. The Morgan fingerprint density at radius 3 is 2.46 bits per heavy atom. The summed E-state index contributed by atoms with van der Waals surface area (Å²) < 4.78 is 1.43. The first-order chi connectivity index (χ1) is 13.5. The lowest BCUT2D eigenvalue weighted by molar-refractivity contribution is -0.116. The highest BCUT2D eigenvalue weighted by Crippen LogP contribution is 2.20. The summed E-state index contributed by atoms with van der Waals surface area (Å²) >= 11 is 1.45. The number of aryl methyl sites for hydroxylation is 2. The number of carbonyl (C=O) groups is 1. The van der Waals surface area contributed by atoms with Crippen molar-refractivity contribution in [3.05, 3.63) is 87.8 Å². The Morgan fingerprint density at radius 1 is 1.07 bits per heavy atom. The van der Waals surface area contributed by atoms with Gasteiger partial charge in [0, 0.05) is 23.2 Å². The molecule has 0 unspecified atom stereocenters. The normalized spacial score (nSPS) is 10.6. The molecule has 0 fully saturated rings. The van der Waals surface area contributed by atoms with Gasteiger partial charge in [-0.1, -0.05) is 61.2 Å². The first kappa shape index (κ1) is 19.9. The number of nitrogens with zero attached hydrogens (tertiary/aromatic N) is 2. The molecule has 3 aromatic rings. The van der Waals surface area contributed by atoms with Crippen LogP contribution in [0, 0.1) is 6.92 Å². The van der Waals surface area contributed by atoms with Gasteiger partial charge in [0.05, 0.1) is 0 Å². The van der Waals surface area contributed by atoms with Gasteiger partial charge in [-0.3, -0.25) is 14.2 Å². The Labute approximate surface area is 168 Å². The molecule has 1 heterocycles. The zero-order valence-electron chi connectivity index (χ0n) is 16.0. The van der Waals surface area contributed by atoms with Crippen LogP contribution in [0.25, 0.3) is 0 Å². The molecule has 0 aliphatic heterocycles. The number of rotatable bonds is 7. The molecule has 0 aliphatic rings. The number of anilines is 1. The molecule has 3 rings (SSSR count). The minimum absolute atomic E-state index is 0.0707. The maximum atomic E-state index is 12.5. The van der Waals surface area contributed by atoms with Crippen molar-refractivity contribution >= 4 is 23.4 Å². The molecule has 1 aromatic heterocycles. The van der Waals surface area contributed by atoms with Crippen LogP contribution in [-0.2, 0) is 23.5 Å². The molecular formula is C22H23N3O2S. The second-order valence-electron chi connectivity index (χ2n) is 6.48. The molecule has 28 heavy (non-hydrogen) atoms. The highest BCUT2D eigenvalue weighted by atomic mass is 32.2. The van der Waals surface area contributed by atoms with E-state index >= 15 is 0 Å². The molecule has 0 radical (unpaired) electrons. The zero-order valence-corrected chi connectivity index (χ0v) is 16.8. The molecule has 2 aromatic carbocycles. The lowest BCUT2D eigenvalue weighted by Crippen LogP contribution is -2.29. The van der Waals surface area contributed by atoms with Gasteiger partial charge < -0.3 is 5.32 Å². The van der Waals surface area contributed by atoms with E-state index in [1.54, 1.807) is 6.92 Å². The maximum Gasteiger partial charge on any atom is 0.254 e. The Bertz CT molecular complexity index is 999. The number of nitrogens with one attached hydrogen (secondary N) is 1. The third-order valence-electron chi connectivity index (χ3n) is 4.26. The zero-order chi connectivity index (χ0) is 19.9. The Morgan fingerprint density at radius 2 is 1.79 bits per heavy atom. The second-order valence-corrected chi connectivity index (χ2v) is 7.42. The minimum Gasteiger partial charge on any atom is -0.325 e. The molecule has 1 amide bonds. The number of aromatic nitrogens is 2. The van der Waals surface area contributed by atoms with E-state index in [-0.39, 0.29) is 18.0 Å². The average Bonchev–Trinajstić information content (AvgIpc) is 2.70. The molecule has 144 valence electrons. The standard InChI is InChI=1S/C22H23N3O2S/c1-3-17-9-11-19(12-10-17)24-20(26)14-25-21(27)13-16(2)23-22(25)28-15-18-7-5-4-6-8-18/h4-13H,3,14-15H2,1-2H3,(H,24,26). The summed E-state index contributed by atoms with van der Waals surface area (Å²) in [6.07, 6.45) is 0.945. The molecule has 1 N–H and O–H groups in total. The maximum absolute atomic E-state index is 12.5. The molecule has 0 atom stereocenters. The van der Waals surface area contributed by atoms with Crippen LogP contribution in [0.1, 0.15) is 23.7 Å². The molecule has 0 saturated heterocycles. The van der Waals surface area contributed by atoms with Gasteiger partial charge in [-0.05, 0) is 36.6 Å². The third kappa shape index (κ3) is 5.33. The fourth-order valence-electron chi connectivity index (χ4n) is 2.74. The number of benzene rings is 2. The summed E-state index contributed by atoms with van der Waals surface area (Å²) in [6, 6.07) is 19.1. The number of carbonyl (C=O) groups excluding carboxylic acids is 1. The van der Waals surface area contributed by atoms with Crippen molar-refractivity contribution < 1.29 is 4.79 Å². The predicted molar refractivity (Wildman–Crippen MR) is 114 cm³/mol. The lowest BCUT2D eigenvalue weighted by atomic mass is 10.1. The third-order valence-corrected chi connectivity index (χ3v) is 5.31. The number of amides is 1. The molecule has 0 saturated carbocycles. The van der Waals surface area contributed by atoms with E-state index in [9.17, 15) is 9.59 Å². The van der Waals surface area contributed by atoms with E-state index in [4.69, 9.17) is 0 Å². The lowest BCUT2D eigenvalue weighted by Gasteiger charge is -2.12. The van der Waals surface area contributed by atoms with E-state index < -0.39 is 0 Å². The van der Waals surface area contributed by atoms with E-state index in [0.29, 0.717) is 22.3 Å². The Hall–Kier alpha value is -2.86. The van der Waals surface area contributed by atoms with Gasteiger partial charge in [0.25, 0.3) is 5.56 Å². The van der Waals surface area contributed by atoms with Crippen molar-refractivity contribution in [2.24, 2.45) is 0 Å². The number of hydrogen-bond donors (Lipinski definition) is 1. The van der Waals surface area contributed by atoms with Gasteiger partial charge in [0.1, 0.15) is 6.54 Å². The molecule has 0 bridgehead atoms.